The quantitative estimate of drug-likeness (QED) is 0.918. The number of pyridine rings is 1. The van der Waals surface area contributed by atoms with Gasteiger partial charge in [-0.3, -0.25) is 0 Å². The highest BCUT2D eigenvalue weighted by atomic mass is 16.6. The first-order valence-corrected chi connectivity index (χ1v) is 8.50. The Hall–Kier alpha value is -2.30. The molecule has 1 aromatic carbocycles. The number of nitrogens with zero attached hydrogens (tertiary/aromatic N) is 2. The number of hydrogen-bond acceptors (Lipinski definition) is 4. The molecule has 1 saturated heterocycles. The highest BCUT2D eigenvalue weighted by molar-refractivity contribution is 5.91. The van der Waals surface area contributed by atoms with E-state index < -0.39 is 5.60 Å². The number of ether oxygens (including phenoxy) is 1. The summed E-state index contributed by atoms with van der Waals surface area (Å²) in [6, 6.07) is 10.7. The van der Waals surface area contributed by atoms with Crippen LogP contribution in [0.1, 0.15) is 20.8 Å². The van der Waals surface area contributed by atoms with Gasteiger partial charge in [0.2, 0.25) is 0 Å². The van der Waals surface area contributed by atoms with Gasteiger partial charge in [-0.05, 0) is 32.2 Å². The first kappa shape index (κ1) is 15.2. The molecule has 24 heavy (non-hydrogen) atoms. The zero-order valence-corrected chi connectivity index (χ0v) is 14.3. The first-order valence-electron chi connectivity index (χ1n) is 8.50. The lowest BCUT2D eigenvalue weighted by Crippen LogP contribution is -2.38. The van der Waals surface area contributed by atoms with Crippen molar-refractivity contribution in [3.8, 4) is 0 Å². The third-order valence-electron chi connectivity index (χ3n) is 4.82. The van der Waals surface area contributed by atoms with Crippen LogP contribution in [0.25, 0.3) is 10.8 Å². The summed E-state index contributed by atoms with van der Waals surface area (Å²) in [5, 5.41) is 5.92. The Labute approximate surface area is 142 Å². The zero-order chi connectivity index (χ0) is 16.9. The van der Waals surface area contributed by atoms with Crippen LogP contribution in [0.3, 0.4) is 0 Å². The fourth-order valence-electron chi connectivity index (χ4n) is 3.61. The monoisotopic (exact) mass is 325 g/mol. The van der Waals surface area contributed by atoms with Gasteiger partial charge in [-0.25, -0.2) is 9.78 Å². The van der Waals surface area contributed by atoms with Crippen molar-refractivity contribution in [2.24, 2.45) is 11.8 Å². The lowest BCUT2D eigenvalue weighted by atomic mass is 10.1. The molecule has 1 aliphatic carbocycles. The normalized spacial score (nSPS) is 25.5. The molecule has 1 saturated carbocycles. The van der Waals surface area contributed by atoms with Gasteiger partial charge in [0.25, 0.3) is 0 Å². The SMILES string of the molecule is CC(C)(C)OC(=O)N1C[C@@H]2C(Nc3nccc4ccccc34)[C@@H]2C1. The summed E-state index contributed by atoms with van der Waals surface area (Å²) in [5.74, 6) is 1.94. The molecule has 5 nitrogen and oxygen atoms in total. The van der Waals surface area contributed by atoms with Crippen LogP contribution in [0.15, 0.2) is 36.5 Å². The number of benzene rings is 1. The molecule has 4 rings (SSSR count). The number of hydrogen-bond donors (Lipinski definition) is 1. The summed E-state index contributed by atoms with van der Waals surface area (Å²) in [4.78, 5) is 18.5. The zero-order valence-electron chi connectivity index (χ0n) is 14.3. The van der Waals surface area contributed by atoms with Crippen LogP contribution < -0.4 is 5.32 Å². The molecule has 0 radical (unpaired) electrons. The molecule has 1 amide bonds. The smallest absolute Gasteiger partial charge is 0.410 e. The van der Waals surface area contributed by atoms with Crippen molar-refractivity contribution in [2.45, 2.75) is 32.4 Å². The summed E-state index contributed by atoms with van der Waals surface area (Å²) in [7, 11) is 0. The number of amides is 1. The van der Waals surface area contributed by atoms with Crippen molar-refractivity contribution >= 4 is 22.7 Å². The molecule has 1 unspecified atom stereocenters. The van der Waals surface area contributed by atoms with Gasteiger partial charge in [0.1, 0.15) is 11.4 Å². The number of fused-ring (bicyclic) bond motifs is 2. The molecule has 2 aromatic rings. The number of nitrogens with one attached hydrogen (secondary N) is 1. The molecule has 126 valence electrons. The molecule has 1 N–H and O–H groups in total. The van der Waals surface area contributed by atoms with Gasteiger partial charge in [-0.2, -0.15) is 0 Å². The molecule has 3 atom stereocenters. The average Bonchev–Trinajstić information content (AvgIpc) is 2.96. The number of piperidine rings is 1. The van der Waals surface area contributed by atoms with Gasteiger partial charge in [0.05, 0.1) is 0 Å². The summed E-state index contributed by atoms with van der Waals surface area (Å²) in [5.41, 5.74) is -0.436. The van der Waals surface area contributed by atoms with E-state index in [1.165, 1.54) is 5.39 Å². The van der Waals surface area contributed by atoms with E-state index in [9.17, 15) is 4.79 Å². The highest BCUT2D eigenvalue weighted by Gasteiger charge is 2.57. The van der Waals surface area contributed by atoms with Crippen LogP contribution >= 0.6 is 0 Å². The van der Waals surface area contributed by atoms with Gasteiger partial charge >= 0.3 is 6.09 Å². The Balaban J connectivity index is 1.40. The Bertz CT molecular complexity index is 766. The molecular formula is C19H23N3O2. The van der Waals surface area contributed by atoms with E-state index in [1.54, 1.807) is 0 Å². The van der Waals surface area contributed by atoms with Crippen molar-refractivity contribution in [2.75, 3.05) is 18.4 Å². The van der Waals surface area contributed by atoms with Crippen molar-refractivity contribution in [3.05, 3.63) is 36.5 Å². The number of anilines is 1. The first-order chi connectivity index (χ1) is 11.4. The fraction of sp³-hybridized carbons (Fsp3) is 0.474. The van der Waals surface area contributed by atoms with E-state index in [2.05, 4.69) is 22.4 Å². The van der Waals surface area contributed by atoms with E-state index in [1.807, 2.05) is 50.1 Å². The van der Waals surface area contributed by atoms with Gasteiger partial charge in [-0.15, -0.1) is 0 Å². The summed E-state index contributed by atoms with van der Waals surface area (Å²) >= 11 is 0. The number of aromatic nitrogens is 1. The molecule has 0 spiro atoms. The molecule has 2 heterocycles. The lowest BCUT2D eigenvalue weighted by molar-refractivity contribution is 0.0272. The maximum Gasteiger partial charge on any atom is 0.410 e. The molecule has 5 heteroatoms. The molecule has 0 bridgehead atoms. The Morgan fingerprint density at radius 2 is 1.92 bits per heavy atom. The van der Waals surface area contributed by atoms with E-state index in [4.69, 9.17) is 4.74 Å². The molecule has 2 fully saturated rings. The van der Waals surface area contributed by atoms with Crippen LogP contribution in [-0.4, -0.2) is 40.7 Å². The van der Waals surface area contributed by atoms with Crippen LogP contribution in [0.4, 0.5) is 10.6 Å². The van der Waals surface area contributed by atoms with Crippen LogP contribution in [0.5, 0.6) is 0 Å². The summed E-state index contributed by atoms with van der Waals surface area (Å²) in [6.45, 7) is 7.23. The van der Waals surface area contributed by atoms with Crippen molar-refractivity contribution in [1.82, 2.24) is 9.88 Å². The van der Waals surface area contributed by atoms with Crippen molar-refractivity contribution in [3.63, 3.8) is 0 Å². The standard InChI is InChI=1S/C19H23N3O2/c1-19(2,3)24-18(23)22-10-14-15(11-22)16(14)21-17-13-7-5-4-6-12(13)8-9-20-17/h4-9,14-16H,10-11H2,1-3H3,(H,20,21)/t14-,15+,16?. The Kier molecular flexibility index (Phi) is 3.41. The highest BCUT2D eigenvalue weighted by Crippen LogP contribution is 2.47. The molecular weight excluding hydrogens is 302 g/mol. The minimum absolute atomic E-state index is 0.197. The molecule has 1 aromatic heterocycles. The largest absolute Gasteiger partial charge is 0.444 e. The van der Waals surface area contributed by atoms with Crippen LogP contribution in [0.2, 0.25) is 0 Å². The number of carbonyl (C=O) groups excluding carboxylic acids is 1. The Morgan fingerprint density at radius 1 is 1.21 bits per heavy atom. The number of rotatable bonds is 2. The fourth-order valence-corrected chi connectivity index (χ4v) is 3.61. The van der Waals surface area contributed by atoms with E-state index >= 15 is 0 Å². The van der Waals surface area contributed by atoms with E-state index in [-0.39, 0.29) is 6.09 Å². The maximum absolute atomic E-state index is 12.1. The number of likely N-dealkylation sites (tertiary alicyclic amines) is 1. The topological polar surface area (TPSA) is 54.5 Å². The maximum atomic E-state index is 12.1. The summed E-state index contributed by atoms with van der Waals surface area (Å²) < 4.78 is 5.46. The van der Waals surface area contributed by atoms with Crippen LogP contribution in [0, 0.1) is 11.8 Å². The second-order valence-corrected chi connectivity index (χ2v) is 7.76. The second kappa shape index (κ2) is 5.36. The molecule has 2 aliphatic rings. The Morgan fingerprint density at radius 3 is 2.62 bits per heavy atom. The predicted octanol–water partition coefficient (Wildman–Crippen LogP) is 3.51. The summed E-state index contributed by atoms with van der Waals surface area (Å²) in [6.07, 6.45) is 1.65. The third kappa shape index (κ3) is 2.79. The minimum atomic E-state index is -0.436. The van der Waals surface area contributed by atoms with Crippen molar-refractivity contribution in [1.29, 1.82) is 0 Å². The van der Waals surface area contributed by atoms with Gasteiger partial charge in [0, 0.05) is 42.6 Å². The van der Waals surface area contributed by atoms with Gasteiger partial charge in [-0.1, -0.05) is 24.3 Å². The minimum Gasteiger partial charge on any atom is -0.444 e. The average molecular weight is 325 g/mol. The molecule has 1 aliphatic heterocycles. The lowest BCUT2D eigenvalue weighted by Gasteiger charge is -2.26. The van der Waals surface area contributed by atoms with E-state index in [0.717, 1.165) is 24.3 Å². The van der Waals surface area contributed by atoms with Crippen LogP contribution in [-0.2, 0) is 4.74 Å². The van der Waals surface area contributed by atoms with Gasteiger partial charge < -0.3 is 15.0 Å². The van der Waals surface area contributed by atoms with Crippen molar-refractivity contribution < 1.29 is 9.53 Å². The third-order valence-corrected chi connectivity index (χ3v) is 4.82. The van der Waals surface area contributed by atoms with Gasteiger partial charge in [0.15, 0.2) is 0 Å². The predicted molar refractivity (Wildman–Crippen MR) is 93.9 cm³/mol. The van der Waals surface area contributed by atoms with E-state index in [0.29, 0.717) is 17.9 Å². The second-order valence-electron chi connectivity index (χ2n) is 7.76. The number of carbonyl (C=O) groups is 1.